The van der Waals surface area contributed by atoms with Gasteiger partial charge in [0.1, 0.15) is 0 Å². The zero-order valence-corrected chi connectivity index (χ0v) is 14.4. The van der Waals surface area contributed by atoms with E-state index in [2.05, 4.69) is 0 Å². The molecule has 1 amide bonds. The molecule has 1 atom stereocenters. The van der Waals surface area contributed by atoms with E-state index in [4.69, 9.17) is 13.9 Å². The molecular formula is C19H21NO5. The summed E-state index contributed by atoms with van der Waals surface area (Å²) in [5.74, 6) is 1.02. The highest BCUT2D eigenvalue weighted by Gasteiger charge is 2.30. The van der Waals surface area contributed by atoms with Gasteiger partial charge in [-0.15, -0.1) is 0 Å². The molecule has 0 spiro atoms. The molecule has 3 rings (SSSR count). The summed E-state index contributed by atoms with van der Waals surface area (Å²) in [7, 11) is 3.09. The fourth-order valence-corrected chi connectivity index (χ4v) is 3.16. The van der Waals surface area contributed by atoms with E-state index < -0.39 is 0 Å². The molecule has 2 heterocycles. The quantitative estimate of drug-likeness (QED) is 0.781. The number of piperidine rings is 1. The Balaban J connectivity index is 1.75. The zero-order valence-electron chi connectivity index (χ0n) is 14.4. The van der Waals surface area contributed by atoms with E-state index >= 15 is 0 Å². The van der Waals surface area contributed by atoms with Crippen LogP contribution in [0.3, 0.4) is 0 Å². The van der Waals surface area contributed by atoms with Gasteiger partial charge in [-0.25, -0.2) is 0 Å². The SMILES string of the molecule is COc1ccc(C(=O)C2CCCN(C(=O)c3ccco3)C2)cc1OC. The van der Waals surface area contributed by atoms with Gasteiger partial charge in [0.05, 0.1) is 20.5 Å². The first kappa shape index (κ1) is 17.1. The average Bonchev–Trinajstić information content (AvgIpc) is 3.21. The number of amides is 1. The highest BCUT2D eigenvalue weighted by molar-refractivity contribution is 5.99. The van der Waals surface area contributed by atoms with Crippen LogP contribution in [0.2, 0.25) is 0 Å². The van der Waals surface area contributed by atoms with Gasteiger partial charge in [-0.05, 0) is 43.2 Å². The summed E-state index contributed by atoms with van der Waals surface area (Å²) < 4.78 is 15.7. The Kier molecular flexibility index (Phi) is 5.07. The van der Waals surface area contributed by atoms with Crippen molar-refractivity contribution in [3.8, 4) is 11.5 Å². The van der Waals surface area contributed by atoms with Gasteiger partial charge in [-0.2, -0.15) is 0 Å². The third-order valence-corrected chi connectivity index (χ3v) is 4.48. The number of furan rings is 1. The van der Waals surface area contributed by atoms with Gasteiger partial charge in [-0.1, -0.05) is 0 Å². The molecule has 2 aromatic rings. The number of hydrogen-bond donors (Lipinski definition) is 0. The van der Waals surface area contributed by atoms with Crippen LogP contribution in [0.25, 0.3) is 0 Å². The number of ether oxygens (including phenoxy) is 2. The van der Waals surface area contributed by atoms with Crippen LogP contribution in [0.4, 0.5) is 0 Å². The fourth-order valence-electron chi connectivity index (χ4n) is 3.16. The predicted octanol–water partition coefficient (Wildman–Crippen LogP) is 3.03. The monoisotopic (exact) mass is 343 g/mol. The van der Waals surface area contributed by atoms with Crippen LogP contribution in [0.5, 0.6) is 11.5 Å². The molecule has 0 saturated carbocycles. The molecule has 1 unspecified atom stereocenters. The Morgan fingerprint density at radius 3 is 2.64 bits per heavy atom. The third-order valence-electron chi connectivity index (χ3n) is 4.48. The minimum Gasteiger partial charge on any atom is -0.493 e. The smallest absolute Gasteiger partial charge is 0.289 e. The van der Waals surface area contributed by atoms with Gasteiger partial charge in [0.15, 0.2) is 23.0 Å². The molecule has 25 heavy (non-hydrogen) atoms. The highest BCUT2D eigenvalue weighted by atomic mass is 16.5. The number of likely N-dealkylation sites (tertiary alicyclic amines) is 1. The Hall–Kier alpha value is -2.76. The van der Waals surface area contributed by atoms with Gasteiger partial charge in [0.25, 0.3) is 5.91 Å². The van der Waals surface area contributed by atoms with E-state index in [9.17, 15) is 9.59 Å². The number of ketones is 1. The van der Waals surface area contributed by atoms with E-state index in [1.807, 2.05) is 0 Å². The number of carbonyl (C=O) groups is 2. The standard InChI is InChI=1S/C19H21NO5/c1-23-15-8-7-13(11-17(15)24-2)18(21)14-5-3-9-20(12-14)19(22)16-6-4-10-25-16/h4,6-8,10-11,14H,3,5,9,12H2,1-2H3. The summed E-state index contributed by atoms with van der Waals surface area (Å²) >= 11 is 0. The van der Waals surface area contributed by atoms with Crippen molar-refractivity contribution in [1.29, 1.82) is 0 Å². The van der Waals surface area contributed by atoms with E-state index in [0.717, 1.165) is 12.8 Å². The first-order valence-corrected chi connectivity index (χ1v) is 8.23. The van der Waals surface area contributed by atoms with Crippen molar-refractivity contribution in [2.24, 2.45) is 5.92 Å². The molecule has 1 saturated heterocycles. The maximum atomic E-state index is 12.9. The summed E-state index contributed by atoms with van der Waals surface area (Å²) in [6, 6.07) is 8.47. The molecular weight excluding hydrogens is 322 g/mol. The second kappa shape index (κ2) is 7.42. The topological polar surface area (TPSA) is 69.0 Å². The van der Waals surface area contributed by atoms with Gasteiger partial charge >= 0.3 is 0 Å². The number of methoxy groups -OCH3 is 2. The molecule has 0 radical (unpaired) electrons. The van der Waals surface area contributed by atoms with Crippen LogP contribution < -0.4 is 9.47 Å². The molecule has 0 N–H and O–H groups in total. The van der Waals surface area contributed by atoms with Crippen molar-refractivity contribution < 1.29 is 23.5 Å². The maximum Gasteiger partial charge on any atom is 0.289 e. The van der Waals surface area contributed by atoms with E-state index in [1.54, 1.807) is 42.3 Å². The number of benzene rings is 1. The number of rotatable bonds is 5. The Bertz CT molecular complexity index is 753. The summed E-state index contributed by atoms with van der Waals surface area (Å²) in [6.07, 6.45) is 3.02. The molecule has 0 aliphatic carbocycles. The third kappa shape index (κ3) is 3.52. The second-order valence-corrected chi connectivity index (χ2v) is 6.00. The molecule has 132 valence electrons. The van der Waals surface area contributed by atoms with Crippen LogP contribution in [0.1, 0.15) is 33.8 Å². The van der Waals surface area contributed by atoms with Crippen LogP contribution in [0, 0.1) is 5.92 Å². The molecule has 1 aliphatic rings. The summed E-state index contributed by atoms with van der Waals surface area (Å²) in [5.41, 5.74) is 0.565. The van der Waals surface area contributed by atoms with Gasteiger partial charge in [-0.3, -0.25) is 9.59 Å². The highest BCUT2D eigenvalue weighted by Crippen LogP contribution is 2.30. The van der Waals surface area contributed by atoms with Gasteiger partial charge in [0, 0.05) is 24.6 Å². The molecule has 1 aromatic carbocycles. The first-order valence-electron chi connectivity index (χ1n) is 8.23. The van der Waals surface area contributed by atoms with Crippen molar-refractivity contribution in [1.82, 2.24) is 4.90 Å². The average molecular weight is 343 g/mol. The molecule has 6 nitrogen and oxygen atoms in total. The fraction of sp³-hybridized carbons (Fsp3) is 0.368. The van der Waals surface area contributed by atoms with Crippen LogP contribution in [-0.2, 0) is 0 Å². The summed E-state index contributed by atoms with van der Waals surface area (Å²) in [4.78, 5) is 27.0. The Morgan fingerprint density at radius 2 is 1.96 bits per heavy atom. The van der Waals surface area contributed by atoms with E-state index in [-0.39, 0.29) is 17.6 Å². The number of nitrogens with zero attached hydrogens (tertiary/aromatic N) is 1. The lowest BCUT2D eigenvalue weighted by Gasteiger charge is -2.31. The van der Waals surface area contributed by atoms with Crippen molar-refractivity contribution in [3.05, 3.63) is 47.9 Å². The van der Waals surface area contributed by atoms with Gasteiger partial charge in [0.2, 0.25) is 0 Å². The van der Waals surface area contributed by atoms with Crippen molar-refractivity contribution >= 4 is 11.7 Å². The van der Waals surface area contributed by atoms with E-state index in [1.165, 1.54) is 13.4 Å². The summed E-state index contributed by atoms with van der Waals surface area (Å²) in [5, 5.41) is 0. The number of carbonyl (C=O) groups excluding carboxylic acids is 2. The number of hydrogen-bond acceptors (Lipinski definition) is 5. The minimum atomic E-state index is -0.231. The molecule has 6 heteroatoms. The van der Waals surface area contributed by atoms with Crippen molar-refractivity contribution in [3.63, 3.8) is 0 Å². The zero-order chi connectivity index (χ0) is 17.8. The van der Waals surface area contributed by atoms with Crippen LogP contribution >= 0.6 is 0 Å². The van der Waals surface area contributed by atoms with Crippen molar-refractivity contribution in [2.45, 2.75) is 12.8 Å². The maximum absolute atomic E-state index is 12.9. The lowest BCUT2D eigenvalue weighted by atomic mass is 9.89. The molecule has 1 aliphatic heterocycles. The largest absolute Gasteiger partial charge is 0.493 e. The predicted molar refractivity (Wildman–Crippen MR) is 91.2 cm³/mol. The Morgan fingerprint density at radius 1 is 1.16 bits per heavy atom. The minimum absolute atomic E-state index is 0.0119. The van der Waals surface area contributed by atoms with E-state index in [0.29, 0.717) is 35.9 Å². The van der Waals surface area contributed by atoms with Crippen LogP contribution in [-0.4, -0.2) is 43.9 Å². The summed E-state index contributed by atoms with van der Waals surface area (Å²) in [6.45, 7) is 1.03. The Labute approximate surface area is 146 Å². The molecule has 0 bridgehead atoms. The van der Waals surface area contributed by atoms with Crippen LogP contribution in [0.15, 0.2) is 41.0 Å². The van der Waals surface area contributed by atoms with Crippen molar-refractivity contribution in [2.75, 3.05) is 27.3 Å². The van der Waals surface area contributed by atoms with Gasteiger partial charge < -0.3 is 18.8 Å². The molecule has 1 fully saturated rings. The lowest BCUT2D eigenvalue weighted by molar-refractivity contribution is 0.0610. The second-order valence-electron chi connectivity index (χ2n) is 6.00. The lowest BCUT2D eigenvalue weighted by Crippen LogP contribution is -2.42. The molecule has 1 aromatic heterocycles. The number of Topliss-reactive ketones (excluding diaryl/α,β-unsaturated/α-hetero) is 1. The normalized spacial score (nSPS) is 17.2. The first-order chi connectivity index (χ1) is 12.1.